The van der Waals surface area contributed by atoms with Crippen molar-refractivity contribution in [3.05, 3.63) is 60.6 Å². The van der Waals surface area contributed by atoms with Gasteiger partial charge in [0.1, 0.15) is 18.2 Å². The SMILES string of the molecule is Cc1ccc(NC(=O)[C@@H]2C[C@@H]3C[C@@H]3N2c2ccncn2)cc1-c1ncc(F)cn1. The Morgan fingerprint density at radius 2 is 2.00 bits per heavy atom. The number of fused-ring (bicyclic) bond motifs is 1. The number of hydrogen-bond donors (Lipinski definition) is 1. The van der Waals surface area contributed by atoms with Crippen LogP contribution in [-0.2, 0) is 4.79 Å². The van der Waals surface area contributed by atoms with Gasteiger partial charge in [-0.2, -0.15) is 0 Å². The van der Waals surface area contributed by atoms with Gasteiger partial charge in [0.15, 0.2) is 11.6 Å². The number of aryl methyl sites for hydroxylation is 1. The van der Waals surface area contributed by atoms with E-state index < -0.39 is 5.82 Å². The molecule has 1 amide bonds. The number of anilines is 2. The summed E-state index contributed by atoms with van der Waals surface area (Å²) in [5.41, 5.74) is 2.36. The lowest BCUT2D eigenvalue weighted by atomic mass is 10.1. The van der Waals surface area contributed by atoms with E-state index in [-0.39, 0.29) is 11.9 Å². The fraction of sp³-hybridized carbons (Fsp3) is 0.286. The minimum atomic E-state index is -0.486. The first kappa shape index (κ1) is 17.7. The molecule has 0 radical (unpaired) electrons. The van der Waals surface area contributed by atoms with Crippen molar-refractivity contribution in [3.8, 4) is 11.4 Å². The van der Waals surface area contributed by atoms with Gasteiger partial charge in [0.25, 0.3) is 0 Å². The van der Waals surface area contributed by atoms with Crippen LogP contribution in [0.3, 0.4) is 0 Å². The maximum atomic E-state index is 13.1. The highest BCUT2D eigenvalue weighted by molar-refractivity contribution is 5.98. The first-order valence-corrected chi connectivity index (χ1v) is 9.54. The lowest BCUT2D eigenvalue weighted by Gasteiger charge is -2.27. The summed E-state index contributed by atoms with van der Waals surface area (Å²) < 4.78 is 13.1. The maximum absolute atomic E-state index is 13.1. The third-order valence-corrected chi connectivity index (χ3v) is 5.60. The molecule has 1 saturated carbocycles. The van der Waals surface area contributed by atoms with Crippen LogP contribution in [0.15, 0.2) is 49.2 Å². The normalized spacial score (nSPS) is 22.3. The average Bonchev–Trinajstić information content (AvgIpc) is 3.40. The van der Waals surface area contributed by atoms with E-state index in [4.69, 9.17) is 0 Å². The number of amides is 1. The molecule has 29 heavy (non-hydrogen) atoms. The van der Waals surface area contributed by atoms with Gasteiger partial charge in [-0.25, -0.2) is 24.3 Å². The van der Waals surface area contributed by atoms with Crippen LogP contribution in [0.1, 0.15) is 18.4 Å². The molecule has 0 bridgehead atoms. The summed E-state index contributed by atoms with van der Waals surface area (Å²) in [6.07, 6.45) is 7.40. The molecule has 1 N–H and O–H groups in total. The van der Waals surface area contributed by atoms with Gasteiger partial charge in [-0.05, 0) is 49.4 Å². The number of hydrogen-bond acceptors (Lipinski definition) is 6. The van der Waals surface area contributed by atoms with Crippen molar-refractivity contribution in [2.45, 2.75) is 31.8 Å². The standard InChI is InChI=1S/C21H19FN6O/c1-12-2-3-15(8-16(12)20-24-9-14(22)10-25-20)27-21(29)18-7-13-6-17(13)28(18)19-4-5-23-11-26-19/h2-5,8-11,13,17-18H,6-7H2,1H3,(H,27,29)/t13-,17-,18-/m0/s1. The molecule has 1 aromatic carbocycles. The Hall–Kier alpha value is -3.42. The van der Waals surface area contributed by atoms with Crippen molar-refractivity contribution in [1.82, 2.24) is 19.9 Å². The van der Waals surface area contributed by atoms with Crippen LogP contribution >= 0.6 is 0 Å². The van der Waals surface area contributed by atoms with Crippen LogP contribution < -0.4 is 10.2 Å². The molecule has 2 aromatic heterocycles. The van der Waals surface area contributed by atoms with Gasteiger partial charge in [-0.1, -0.05) is 6.07 Å². The molecule has 5 rings (SSSR count). The second-order valence-electron chi connectivity index (χ2n) is 7.53. The lowest BCUT2D eigenvalue weighted by molar-refractivity contribution is -0.117. The number of carbonyl (C=O) groups is 1. The third kappa shape index (κ3) is 3.30. The number of rotatable bonds is 4. The summed E-state index contributed by atoms with van der Waals surface area (Å²) in [6, 6.07) is 7.53. The predicted molar refractivity (Wildman–Crippen MR) is 106 cm³/mol. The second kappa shape index (κ2) is 6.88. The smallest absolute Gasteiger partial charge is 0.247 e. The fourth-order valence-electron chi connectivity index (χ4n) is 4.07. The molecule has 7 nitrogen and oxygen atoms in total. The number of carbonyl (C=O) groups excluding carboxylic acids is 1. The van der Waals surface area contributed by atoms with Crippen molar-refractivity contribution < 1.29 is 9.18 Å². The van der Waals surface area contributed by atoms with Gasteiger partial charge in [-0.3, -0.25) is 4.79 Å². The second-order valence-corrected chi connectivity index (χ2v) is 7.53. The van der Waals surface area contributed by atoms with Crippen LogP contribution in [-0.4, -0.2) is 37.9 Å². The number of benzene rings is 1. The Bertz CT molecular complexity index is 1060. The number of aromatic nitrogens is 4. The Morgan fingerprint density at radius 1 is 1.17 bits per heavy atom. The van der Waals surface area contributed by atoms with Crippen LogP contribution in [0, 0.1) is 18.7 Å². The topological polar surface area (TPSA) is 83.9 Å². The molecule has 146 valence electrons. The third-order valence-electron chi connectivity index (χ3n) is 5.60. The minimum absolute atomic E-state index is 0.0642. The summed E-state index contributed by atoms with van der Waals surface area (Å²) in [4.78, 5) is 31.6. The van der Waals surface area contributed by atoms with Gasteiger partial charge in [0, 0.05) is 23.5 Å². The van der Waals surface area contributed by atoms with E-state index in [1.807, 2.05) is 31.2 Å². The van der Waals surface area contributed by atoms with Crippen molar-refractivity contribution in [3.63, 3.8) is 0 Å². The quantitative estimate of drug-likeness (QED) is 0.737. The van der Waals surface area contributed by atoms with E-state index in [1.165, 1.54) is 6.33 Å². The summed E-state index contributed by atoms with van der Waals surface area (Å²) in [5, 5.41) is 3.02. The van der Waals surface area contributed by atoms with Crippen LogP contribution in [0.2, 0.25) is 0 Å². The highest BCUT2D eigenvalue weighted by Crippen LogP contribution is 2.49. The van der Waals surface area contributed by atoms with E-state index >= 15 is 0 Å². The molecule has 3 aromatic rings. The van der Waals surface area contributed by atoms with Gasteiger partial charge >= 0.3 is 0 Å². The molecule has 0 unspecified atom stereocenters. The number of halogens is 1. The molecule has 0 spiro atoms. The fourth-order valence-corrected chi connectivity index (χ4v) is 4.07. The molecular weight excluding hydrogens is 371 g/mol. The van der Waals surface area contributed by atoms with E-state index in [2.05, 4.69) is 30.2 Å². The largest absolute Gasteiger partial charge is 0.341 e. The minimum Gasteiger partial charge on any atom is -0.341 e. The molecule has 3 heterocycles. The van der Waals surface area contributed by atoms with Crippen molar-refractivity contribution in [2.24, 2.45) is 5.92 Å². The first-order chi connectivity index (χ1) is 14.1. The van der Waals surface area contributed by atoms with E-state index in [0.717, 1.165) is 42.2 Å². The van der Waals surface area contributed by atoms with Gasteiger partial charge < -0.3 is 10.2 Å². The zero-order valence-corrected chi connectivity index (χ0v) is 15.8. The lowest BCUT2D eigenvalue weighted by Crippen LogP contribution is -2.42. The highest BCUT2D eigenvalue weighted by atomic mass is 19.1. The van der Waals surface area contributed by atoms with Gasteiger partial charge in [-0.15, -0.1) is 0 Å². The van der Waals surface area contributed by atoms with Crippen LogP contribution in [0.5, 0.6) is 0 Å². The Labute approximate surface area is 167 Å². The molecule has 1 saturated heterocycles. The molecule has 1 aliphatic carbocycles. The predicted octanol–water partition coefficient (Wildman–Crippen LogP) is 2.99. The van der Waals surface area contributed by atoms with Crippen LogP contribution in [0.25, 0.3) is 11.4 Å². The van der Waals surface area contributed by atoms with E-state index in [0.29, 0.717) is 23.5 Å². The monoisotopic (exact) mass is 390 g/mol. The van der Waals surface area contributed by atoms with E-state index in [9.17, 15) is 9.18 Å². The molecule has 1 aliphatic heterocycles. The molecule has 2 aliphatic rings. The number of nitrogens with one attached hydrogen (secondary N) is 1. The molecular formula is C21H19FN6O. The van der Waals surface area contributed by atoms with Crippen molar-refractivity contribution in [1.29, 1.82) is 0 Å². The molecule has 8 heteroatoms. The summed E-state index contributed by atoms with van der Waals surface area (Å²) in [7, 11) is 0. The van der Waals surface area contributed by atoms with Crippen molar-refractivity contribution in [2.75, 3.05) is 10.2 Å². The summed E-state index contributed by atoms with van der Waals surface area (Å²) in [6.45, 7) is 1.93. The summed E-state index contributed by atoms with van der Waals surface area (Å²) >= 11 is 0. The molecule has 2 fully saturated rings. The van der Waals surface area contributed by atoms with Gasteiger partial charge in [0.2, 0.25) is 5.91 Å². The van der Waals surface area contributed by atoms with Crippen molar-refractivity contribution >= 4 is 17.4 Å². The number of piperidine rings is 1. The van der Waals surface area contributed by atoms with E-state index in [1.54, 1.807) is 6.20 Å². The number of nitrogens with zero attached hydrogens (tertiary/aromatic N) is 5. The Balaban J connectivity index is 1.38. The zero-order chi connectivity index (χ0) is 20.0. The Kier molecular flexibility index (Phi) is 4.19. The van der Waals surface area contributed by atoms with Gasteiger partial charge in [0.05, 0.1) is 12.4 Å². The van der Waals surface area contributed by atoms with Crippen LogP contribution in [0.4, 0.5) is 15.9 Å². The Morgan fingerprint density at radius 3 is 2.76 bits per heavy atom. The first-order valence-electron chi connectivity index (χ1n) is 9.54. The zero-order valence-electron chi connectivity index (χ0n) is 15.8. The highest BCUT2D eigenvalue weighted by Gasteiger charge is 2.54. The average molecular weight is 390 g/mol. The summed E-state index contributed by atoms with van der Waals surface area (Å²) in [5.74, 6) is 1.20. The maximum Gasteiger partial charge on any atom is 0.247 e. The molecule has 3 atom stereocenters.